The number of hydrogen-bond acceptors (Lipinski definition) is 1. The first-order valence-corrected chi connectivity index (χ1v) is 3.18. The van der Waals surface area contributed by atoms with E-state index in [9.17, 15) is 0 Å². The van der Waals surface area contributed by atoms with E-state index < -0.39 is 0 Å². The Hall–Kier alpha value is -0.300. The van der Waals surface area contributed by atoms with Crippen LogP contribution in [-0.2, 0) is 4.74 Å². The van der Waals surface area contributed by atoms with E-state index in [0.29, 0.717) is 6.10 Å². The van der Waals surface area contributed by atoms with E-state index >= 15 is 0 Å². The van der Waals surface area contributed by atoms with E-state index in [0.717, 1.165) is 6.61 Å². The third-order valence-electron chi connectivity index (χ3n) is 1.37. The quantitative estimate of drug-likeness (QED) is 0.469. The van der Waals surface area contributed by atoms with E-state index in [4.69, 9.17) is 4.74 Å². The molecule has 1 rings (SSSR count). The molecule has 0 saturated carbocycles. The zero-order chi connectivity index (χ0) is 5.82. The highest BCUT2D eigenvalue weighted by atomic mass is 16.5. The molecule has 0 unspecified atom stereocenters. The summed E-state index contributed by atoms with van der Waals surface area (Å²) in [6.07, 6.45) is 7.04. The minimum atomic E-state index is 0.431. The second-order valence-corrected chi connectivity index (χ2v) is 2.08. The molecule has 0 radical (unpaired) electrons. The summed E-state index contributed by atoms with van der Waals surface area (Å²) < 4.78 is 5.31. The first kappa shape index (κ1) is 5.83. The summed E-state index contributed by atoms with van der Waals surface area (Å²) in [6.45, 7) is 2.98. The molecular weight excluding hydrogens is 100 g/mol. The molecule has 0 spiro atoms. The smallest absolute Gasteiger partial charge is 0.0756 e. The van der Waals surface area contributed by atoms with Gasteiger partial charge in [-0.15, -0.1) is 0 Å². The molecule has 0 aromatic carbocycles. The molecular formula is C7H12O. The summed E-state index contributed by atoms with van der Waals surface area (Å²) in [5.74, 6) is 0. The second kappa shape index (κ2) is 2.88. The van der Waals surface area contributed by atoms with E-state index in [-0.39, 0.29) is 0 Å². The van der Waals surface area contributed by atoms with Gasteiger partial charge in [0.05, 0.1) is 6.10 Å². The summed E-state index contributed by atoms with van der Waals surface area (Å²) in [6, 6.07) is 0. The number of rotatable bonds is 1. The van der Waals surface area contributed by atoms with Gasteiger partial charge in [0.2, 0.25) is 0 Å². The summed E-state index contributed by atoms with van der Waals surface area (Å²) in [4.78, 5) is 0. The van der Waals surface area contributed by atoms with Crippen molar-refractivity contribution in [2.24, 2.45) is 0 Å². The van der Waals surface area contributed by atoms with Crippen LogP contribution in [0.1, 0.15) is 19.8 Å². The summed E-state index contributed by atoms with van der Waals surface area (Å²) >= 11 is 0. The fourth-order valence-corrected chi connectivity index (χ4v) is 0.969. The standard InChI is InChI=1S/C7H12O/c1-2-4-7-5-3-6-8-7/h2,4,7H,3,5-6H2,1H3/b4-2+/t7-/m1/s1. The Morgan fingerprint density at radius 2 is 2.50 bits per heavy atom. The van der Waals surface area contributed by atoms with Crippen molar-refractivity contribution in [3.63, 3.8) is 0 Å². The molecule has 1 heterocycles. The Morgan fingerprint density at radius 3 is 3.00 bits per heavy atom. The van der Waals surface area contributed by atoms with Crippen LogP contribution in [0.2, 0.25) is 0 Å². The summed E-state index contributed by atoms with van der Waals surface area (Å²) in [7, 11) is 0. The van der Waals surface area contributed by atoms with Crippen LogP contribution in [0.25, 0.3) is 0 Å². The second-order valence-electron chi connectivity index (χ2n) is 2.08. The molecule has 1 atom stereocenters. The van der Waals surface area contributed by atoms with Crippen LogP contribution in [-0.4, -0.2) is 12.7 Å². The lowest BCUT2D eigenvalue weighted by Crippen LogP contribution is -1.97. The van der Waals surface area contributed by atoms with Crippen LogP contribution >= 0.6 is 0 Å². The Bertz CT molecular complexity index is 80.4. The van der Waals surface area contributed by atoms with Crippen molar-refractivity contribution in [1.29, 1.82) is 0 Å². The molecule has 1 nitrogen and oxygen atoms in total. The van der Waals surface area contributed by atoms with E-state index in [1.165, 1.54) is 12.8 Å². The van der Waals surface area contributed by atoms with Crippen molar-refractivity contribution in [2.75, 3.05) is 6.61 Å². The van der Waals surface area contributed by atoms with Crippen LogP contribution in [0.15, 0.2) is 12.2 Å². The molecule has 0 amide bonds. The average molecular weight is 112 g/mol. The summed E-state index contributed by atoms with van der Waals surface area (Å²) in [5.41, 5.74) is 0. The lowest BCUT2D eigenvalue weighted by molar-refractivity contribution is 0.145. The molecule has 0 bridgehead atoms. The fourth-order valence-electron chi connectivity index (χ4n) is 0.969. The minimum Gasteiger partial charge on any atom is -0.374 e. The maximum atomic E-state index is 5.31. The molecule has 1 saturated heterocycles. The van der Waals surface area contributed by atoms with Crippen molar-refractivity contribution in [2.45, 2.75) is 25.9 Å². The average Bonchev–Trinajstić information content (AvgIpc) is 2.19. The molecule has 8 heavy (non-hydrogen) atoms. The third-order valence-corrected chi connectivity index (χ3v) is 1.37. The van der Waals surface area contributed by atoms with E-state index in [1.54, 1.807) is 0 Å². The van der Waals surface area contributed by atoms with Gasteiger partial charge >= 0.3 is 0 Å². The molecule has 1 aliphatic rings. The van der Waals surface area contributed by atoms with Crippen molar-refractivity contribution in [3.05, 3.63) is 12.2 Å². The normalized spacial score (nSPS) is 29.9. The van der Waals surface area contributed by atoms with Gasteiger partial charge < -0.3 is 4.74 Å². The van der Waals surface area contributed by atoms with Gasteiger partial charge in [-0.3, -0.25) is 0 Å². The van der Waals surface area contributed by atoms with Crippen LogP contribution in [0.3, 0.4) is 0 Å². The molecule has 1 heteroatoms. The molecule has 0 aliphatic carbocycles. The van der Waals surface area contributed by atoms with Crippen LogP contribution in [0.4, 0.5) is 0 Å². The van der Waals surface area contributed by atoms with E-state index in [2.05, 4.69) is 12.2 Å². The first-order valence-electron chi connectivity index (χ1n) is 3.18. The van der Waals surface area contributed by atoms with E-state index in [1.807, 2.05) is 6.92 Å². The maximum Gasteiger partial charge on any atom is 0.0756 e. The molecule has 1 fully saturated rings. The van der Waals surface area contributed by atoms with Crippen molar-refractivity contribution in [3.8, 4) is 0 Å². The van der Waals surface area contributed by atoms with Gasteiger partial charge in [0.15, 0.2) is 0 Å². The number of hydrogen-bond donors (Lipinski definition) is 0. The highest BCUT2D eigenvalue weighted by Gasteiger charge is 2.10. The monoisotopic (exact) mass is 112 g/mol. The zero-order valence-electron chi connectivity index (χ0n) is 5.26. The van der Waals surface area contributed by atoms with Crippen molar-refractivity contribution >= 4 is 0 Å². The molecule has 0 aromatic rings. The van der Waals surface area contributed by atoms with Gasteiger partial charge in [-0.2, -0.15) is 0 Å². The van der Waals surface area contributed by atoms with Gasteiger partial charge in [0.25, 0.3) is 0 Å². The Kier molecular flexibility index (Phi) is 2.10. The molecule has 1 aliphatic heterocycles. The van der Waals surface area contributed by atoms with Gasteiger partial charge in [0.1, 0.15) is 0 Å². The topological polar surface area (TPSA) is 9.23 Å². The van der Waals surface area contributed by atoms with Gasteiger partial charge in [-0.05, 0) is 19.8 Å². The predicted molar refractivity (Wildman–Crippen MR) is 33.8 cm³/mol. The zero-order valence-corrected chi connectivity index (χ0v) is 5.26. The Labute approximate surface area is 50.3 Å². The molecule has 46 valence electrons. The SMILES string of the molecule is C/C=C/[C@@H]1CCCO1. The number of ether oxygens (including phenoxy) is 1. The highest BCUT2D eigenvalue weighted by Crippen LogP contribution is 2.12. The summed E-state index contributed by atoms with van der Waals surface area (Å²) in [5, 5.41) is 0. The van der Waals surface area contributed by atoms with Gasteiger partial charge in [-0.25, -0.2) is 0 Å². The lowest BCUT2D eigenvalue weighted by atomic mass is 10.2. The van der Waals surface area contributed by atoms with Gasteiger partial charge in [-0.1, -0.05) is 12.2 Å². The van der Waals surface area contributed by atoms with Gasteiger partial charge in [0, 0.05) is 6.61 Å². The Balaban J connectivity index is 2.24. The van der Waals surface area contributed by atoms with Crippen LogP contribution < -0.4 is 0 Å². The molecule has 0 aromatic heterocycles. The first-order chi connectivity index (χ1) is 3.93. The number of allylic oxidation sites excluding steroid dienone is 1. The minimum absolute atomic E-state index is 0.431. The Morgan fingerprint density at radius 1 is 1.62 bits per heavy atom. The molecule has 0 N–H and O–H groups in total. The van der Waals surface area contributed by atoms with Crippen molar-refractivity contribution in [1.82, 2.24) is 0 Å². The fraction of sp³-hybridized carbons (Fsp3) is 0.714. The highest BCUT2D eigenvalue weighted by molar-refractivity contribution is 4.88. The lowest BCUT2D eigenvalue weighted by Gasteiger charge is -1.98. The maximum absolute atomic E-state index is 5.31. The largest absolute Gasteiger partial charge is 0.374 e. The van der Waals surface area contributed by atoms with Crippen LogP contribution in [0.5, 0.6) is 0 Å². The van der Waals surface area contributed by atoms with Crippen LogP contribution in [0, 0.1) is 0 Å². The third kappa shape index (κ3) is 1.34. The predicted octanol–water partition coefficient (Wildman–Crippen LogP) is 1.74. The van der Waals surface area contributed by atoms with Crippen molar-refractivity contribution < 1.29 is 4.74 Å².